The third-order valence-electron chi connectivity index (χ3n) is 3.22. The lowest BCUT2D eigenvalue weighted by Crippen LogP contribution is -2.14. The average molecular weight is 211 g/mol. The lowest BCUT2D eigenvalue weighted by Gasteiger charge is -2.25. The summed E-state index contributed by atoms with van der Waals surface area (Å²) in [4.78, 5) is 0. The van der Waals surface area contributed by atoms with Crippen LogP contribution in [0.3, 0.4) is 0 Å². The van der Waals surface area contributed by atoms with Crippen molar-refractivity contribution in [2.45, 2.75) is 32.6 Å². The summed E-state index contributed by atoms with van der Waals surface area (Å²) >= 11 is 0. The predicted molar refractivity (Wildman–Crippen MR) is 69.2 cm³/mol. The van der Waals surface area contributed by atoms with Gasteiger partial charge in [-0.3, -0.25) is 0 Å². The molecule has 0 saturated carbocycles. The molecule has 1 aliphatic carbocycles. The monoisotopic (exact) mass is 211 g/mol. The largest absolute Gasteiger partial charge is 0.0773 e. The zero-order chi connectivity index (χ0) is 11.4. The van der Waals surface area contributed by atoms with Gasteiger partial charge in [0.2, 0.25) is 0 Å². The summed E-state index contributed by atoms with van der Waals surface area (Å²) in [7, 11) is 0. The first kappa shape index (κ1) is 11.2. The normalized spacial score (nSPS) is 28.2. The van der Waals surface area contributed by atoms with Gasteiger partial charge in [-0.1, -0.05) is 68.8 Å². The van der Waals surface area contributed by atoms with Crippen LogP contribution in [0.5, 0.6) is 0 Å². The molecule has 0 saturated heterocycles. The van der Waals surface area contributed by atoms with Gasteiger partial charge in [0, 0.05) is 11.3 Å². The highest BCUT2D eigenvalue weighted by Crippen LogP contribution is 2.33. The SMILES string of the molecule is CCCC1(C)[C]=CC(c2ccccc2)C=C1. The van der Waals surface area contributed by atoms with Gasteiger partial charge in [-0.25, -0.2) is 0 Å². The van der Waals surface area contributed by atoms with Crippen molar-refractivity contribution < 1.29 is 0 Å². The fourth-order valence-corrected chi connectivity index (χ4v) is 2.26. The summed E-state index contributed by atoms with van der Waals surface area (Å²) in [6.45, 7) is 4.48. The average Bonchev–Trinajstić information content (AvgIpc) is 2.31. The number of rotatable bonds is 3. The van der Waals surface area contributed by atoms with Crippen LogP contribution in [0.2, 0.25) is 0 Å². The lowest BCUT2D eigenvalue weighted by molar-refractivity contribution is 0.467. The van der Waals surface area contributed by atoms with Gasteiger partial charge in [0.1, 0.15) is 0 Å². The third kappa shape index (κ3) is 2.44. The molecular formula is C16H19. The maximum atomic E-state index is 3.53. The Bertz CT molecular complexity index is 370. The van der Waals surface area contributed by atoms with Gasteiger partial charge in [0.05, 0.1) is 0 Å². The van der Waals surface area contributed by atoms with Gasteiger partial charge in [0.15, 0.2) is 0 Å². The van der Waals surface area contributed by atoms with Crippen molar-refractivity contribution in [1.29, 1.82) is 0 Å². The van der Waals surface area contributed by atoms with Crippen molar-refractivity contribution >= 4 is 0 Å². The molecule has 0 spiro atoms. The molecule has 1 radical (unpaired) electrons. The van der Waals surface area contributed by atoms with Crippen molar-refractivity contribution in [3.8, 4) is 0 Å². The first-order chi connectivity index (χ1) is 7.73. The second-order valence-electron chi connectivity index (χ2n) is 4.77. The molecule has 0 fully saturated rings. The fraction of sp³-hybridized carbons (Fsp3) is 0.375. The number of allylic oxidation sites excluding steroid dienone is 4. The summed E-state index contributed by atoms with van der Waals surface area (Å²) in [6, 6.07) is 10.6. The van der Waals surface area contributed by atoms with E-state index >= 15 is 0 Å². The maximum Gasteiger partial charge on any atom is 0.0205 e. The van der Waals surface area contributed by atoms with Crippen LogP contribution in [0.1, 0.15) is 38.2 Å². The van der Waals surface area contributed by atoms with Crippen LogP contribution in [0.15, 0.2) is 48.6 Å². The second kappa shape index (κ2) is 4.69. The van der Waals surface area contributed by atoms with E-state index < -0.39 is 0 Å². The van der Waals surface area contributed by atoms with Crippen molar-refractivity contribution in [2.75, 3.05) is 0 Å². The molecule has 2 atom stereocenters. The van der Waals surface area contributed by atoms with E-state index in [1.165, 1.54) is 18.4 Å². The molecule has 0 aliphatic heterocycles. The van der Waals surface area contributed by atoms with Gasteiger partial charge in [-0.2, -0.15) is 0 Å². The quantitative estimate of drug-likeness (QED) is 0.645. The summed E-state index contributed by atoms with van der Waals surface area (Å²) < 4.78 is 0. The summed E-state index contributed by atoms with van der Waals surface area (Å²) in [5, 5.41) is 0. The standard InChI is InChI=1S/C16H19/c1-3-11-16(2)12-9-15(10-13-16)14-7-5-4-6-8-14/h4-10,12,15H,3,11H2,1-2H3. The minimum absolute atomic E-state index is 0.153. The summed E-state index contributed by atoms with van der Waals surface area (Å²) in [6.07, 6.45) is 12.8. The molecule has 2 unspecified atom stereocenters. The van der Waals surface area contributed by atoms with Gasteiger partial charge < -0.3 is 0 Å². The molecule has 1 aromatic rings. The number of benzene rings is 1. The molecule has 0 N–H and O–H groups in total. The Morgan fingerprint density at radius 2 is 2.00 bits per heavy atom. The highest BCUT2D eigenvalue weighted by Gasteiger charge is 2.21. The number of hydrogen-bond donors (Lipinski definition) is 0. The topological polar surface area (TPSA) is 0 Å². The highest BCUT2D eigenvalue weighted by atomic mass is 14.2. The van der Waals surface area contributed by atoms with E-state index in [0.717, 1.165) is 0 Å². The smallest absolute Gasteiger partial charge is 0.0205 e. The Labute approximate surface area is 98.7 Å². The molecule has 0 aromatic heterocycles. The second-order valence-corrected chi connectivity index (χ2v) is 4.77. The molecule has 1 aromatic carbocycles. The number of hydrogen-bond acceptors (Lipinski definition) is 0. The van der Waals surface area contributed by atoms with Crippen molar-refractivity contribution in [2.24, 2.45) is 5.41 Å². The zero-order valence-corrected chi connectivity index (χ0v) is 10.1. The van der Waals surface area contributed by atoms with E-state index in [0.29, 0.717) is 5.92 Å². The van der Waals surface area contributed by atoms with Crippen molar-refractivity contribution in [1.82, 2.24) is 0 Å². The van der Waals surface area contributed by atoms with Gasteiger partial charge in [0.25, 0.3) is 0 Å². The molecule has 83 valence electrons. The van der Waals surface area contributed by atoms with E-state index in [1.54, 1.807) is 0 Å². The molecule has 2 rings (SSSR count). The Hall–Kier alpha value is -1.30. The maximum absolute atomic E-state index is 3.53. The van der Waals surface area contributed by atoms with Crippen LogP contribution in [-0.2, 0) is 0 Å². The molecule has 0 bridgehead atoms. The Morgan fingerprint density at radius 3 is 2.56 bits per heavy atom. The minimum Gasteiger partial charge on any atom is -0.0773 e. The molecular weight excluding hydrogens is 192 g/mol. The van der Waals surface area contributed by atoms with E-state index in [4.69, 9.17) is 0 Å². The fourth-order valence-electron chi connectivity index (χ4n) is 2.26. The van der Waals surface area contributed by atoms with E-state index in [1.807, 2.05) is 0 Å². The molecule has 0 heterocycles. The Kier molecular flexibility index (Phi) is 3.28. The third-order valence-corrected chi connectivity index (χ3v) is 3.22. The first-order valence-corrected chi connectivity index (χ1v) is 6.09. The van der Waals surface area contributed by atoms with E-state index in [-0.39, 0.29) is 5.41 Å². The van der Waals surface area contributed by atoms with Crippen LogP contribution in [0.4, 0.5) is 0 Å². The summed E-state index contributed by atoms with van der Waals surface area (Å²) in [5.41, 5.74) is 1.50. The van der Waals surface area contributed by atoms with E-state index in [9.17, 15) is 0 Å². The van der Waals surface area contributed by atoms with Crippen LogP contribution in [0, 0.1) is 11.5 Å². The minimum atomic E-state index is 0.153. The van der Waals surface area contributed by atoms with Crippen LogP contribution in [0.25, 0.3) is 0 Å². The Morgan fingerprint density at radius 1 is 1.25 bits per heavy atom. The van der Waals surface area contributed by atoms with Crippen molar-refractivity contribution in [3.63, 3.8) is 0 Å². The van der Waals surface area contributed by atoms with Crippen LogP contribution in [-0.4, -0.2) is 0 Å². The molecule has 16 heavy (non-hydrogen) atoms. The zero-order valence-electron chi connectivity index (χ0n) is 10.1. The Balaban J connectivity index is 2.12. The molecule has 1 aliphatic rings. The van der Waals surface area contributed by atoms with Crippen molar-refractivity contribution in [3.05, 3.63) is 60.2 Å². The summed E-state index contributed by atoms with van der Waals surface area (Å²) in [5.74, 6) is 0.408. The lowest BCUT2D eigenvalue weighted by atomic mass is 9.78. The van der Waals surface area contributed by atoms with E-state index in [2.05, 4.69) is 68.5 Å². The molecule has 0 amide bonds. The highest BCUT2D eigenvalue weighted by molar-refractivity contribution is 5.31. The van der Waals surface area contributed by atoms with Gasteiger partial charge in [-0.15, -0.1) is 0 Å². The van der Waals surface area contributed by atoms with Gasteiger partial charge >= 0.3 is 0 Å². The van der Waals surface area contributed by atoms with Crippen LogP contribution < -0.4 is 0 Å². The molecule has 0 nitrogen and oxygen atoms in total. The predicted octanol–water partition coefficient (Wildman–Crippen LogP) is 4.51. The molecule has 0 heteroatoms. The first-order valence-electron chi connectivity index (χ1n) is 6.09. The van der Waals surface area contributed by atoms with Gasteiger partial charge in [-0.05, 0) is 18.1 Å². The van der Waals surface area contributed by atoms with Crippen LogP contribution >= 0.6 is 0 Å².